The third kappa shape index (κ3) is 3.87. The fourth-order valence-corrected chi connectivity index (χ4v) is 4.81. The van der Waals surface area contributed by atoms with E-state index in [9.17, 15) is 0 Å². The largest absolute Gasteiger partial charge is 0.381 e. The zero-order chi connectivity index (χ0) is 13.0. The second-order valence-corrected chi connectivity index (χ2v) is 7.64. The first kappa shape index (κ1) is 14.2. The zero-order valence-electron chi connectivity index (χ0n) is 11.9. The van der Waals surface area contributed by atoms with Gasteiger partial charge in [0.25, 0.3) is 0 Å². The highest BCUT2D eigenvalue weighted by Crippen LogP contribution is 2.34. The van der Waals surface area contributed by atoms with Crippen LogP contribution in [0.3, 0.4) is 0 Å². The van der Waals surface area contributed by atoms with Crippen molar-refractivity contribution in [3.63, 3.8) is 0 Å². The van der Waals surface area contributed by atoms with Crippen molar-refractivity contribution in [1.82, 2.24) is 5.32 Å². The average Bonchev–Trinajstić information content (AvgIpc) is 2.47. The van der Waals surface area contributed by atoms with E-state index in [2.05, 4.69) is 17.1 Å². The molecule has 0 aliphatic carbocycles. The topological polar surface area (TPSA) is 30.5 Å². The lowest BCUT2D eigenvalue weighted by Crippen LogP contribution is -2.50. The third-order valence-electron chi connectivity index (χ3n) is 4.81. The number of ether oxygens (including phenoxy) is 2. The number of rotatable bonds is 3. The van der Waals surface area contributed by atoms with Crippen molar-refractivity contribution in [2.45, 2.75) is 61.8 Å². The van der Waals surface area contributed by atoms with Crippen molar-refractivity contribution >= 4 is 11.8 Å². The van der Waals surface area contributed by atoms with E-state index in [-0.39, 0.29) is 5.60 Å². The van der Waals surface area contributed by atoms with E-state index in [0.29, 0.717) is 6.04 Å². The van der Waals surface area contributed by atoms with Gasteiger partial charge in [0.05, 0.1) is 5.60 Å². The average molecular weight is 285 g/mol. The Hall–Kier alpha value is 0.230. The Balaban J connectivity index is 1.45. The van der Waals surface area contributed by atoms with Gasteiger partial charge in [0.2, 0.25) is 0 Å². The summed E-state index contributed by atoms with van der Waals surface area (Å²) in [5.74, 6) is 1.36. The molecule has 0 radical (unpaired) electrons. The van der Waals surface area contributed by atoms with Crippen molar-refractivity contribution in [3.05, 3.63) is 0 Å². The zero-order valence-corrected chi connectivity index (χ0v) is 12.7. The van der Waals surface area contributed by atoms with Crippen molar-refractivity contribution in [2.75, 3.05) is 32.1 Å². The molecule has 4 heteroatoms. The van der Waals surface area contributed by atoms with Gasteiger partial charge in [-0.25, -0.2) is 0 Å². The molecule has 110 valence electrons. The van der Waals surface area contributed by atoms with Gasteiger partial charge in [-0.2, -0.15) is 11.8 Å². The molecule has 2 atom stereocenters. The normalized spacial score (nSPS) is 35.4. The summed E-state index contributed by atoms with van der Waals surface area (Å²) in [6.45, 7) is 3.88. The van der Waals surface area contributed by atoms with Crippen molar-refractivity contribution in [3.8, 4) is 0 Å². The van der Waals surface area contributed by atoms with Crippen LogP contribution in [0.2, 0.25) is 0 Å². The SMILES string of the molecule is C1CCC(CNC2CCOC3(CCOCC3)C2)SC1. The maximum Gasteiger partial charge on any atom is 0.0741 e. The molecule has 0 amide bonds. The minimum absolute atomic E-state index is 0.133. The molecular weight excluding hydrogens is 258 g/mol. The summed E-state index contributed by atoms with van der Waals surface area (Å²) in [5, 5.41) is 4.67. The van der Waals surface area contributed by atoms with Crippen LogP contribution in [0.5, 0.6) is 0 Å². The first-order chi connectivity index (χ1) is 9.36. The maximum atomic E-state index is 6.10. The molecule has 3 nitrogen and oxygen atoms in total. The van der Waals surface area contributed by atoms with E-state index in [1.165, 1.54) is 44.4 Å². The Kier molecular flexibility index (Phi) is 5.07. The van der Waals surface area contributed by atoms with Crippen LogP contribution in [0.15, 0.2) is 0 Å². The molecule has 3 aliphatic heterocycles. The van der Waals surface area contributed by atoms with E-state index in [1.54, 1.807) is 0 Å². The second kappa shape index (κ2) is 6.79. The van der Waals surface area contributed by atoms with Gasteiger partial charge < -0.3 is 14.8 Å². The van der Waals surface area contributed by atoms with Gasteiger partial charge in [0.1, 0.15) is 0 Å². The van der Waals surface area contributed by atoms with Crippen molar-refractivity contribution in [1.29, 1.82) is 0 Å². The van der Waals surface area contributed by atoms with Crippen LogP contribution in [0, 0.1) is 0 Å². The molecule has 0 aromatic carbocycles. The Labute approximate surface area is 121 Å². The van der Waals surface area contributed by atoms with Crippen molar-refractivity contribution < 1.29 is 9.47 Å². The molecule has 3 saturated heterocycles. The monoisotopic (exact) mass is 285 g/mol. The molecule has 0 bridgehead atoms. The summed E-state index contributed by atoms with van der Waals surface area (Å²) in [6, 6.07) is 0.661. The van der Waals surface area contributed by atoms with Crippen LogP contribution in [-0.4, -0.2) is 49.0 Å². The lowest BCUT2D eigenvalue weighted by Gasteiger charge is -2.43. The molecule has 2 unspecified atom stereocenters. The highest BCUT2D eigenvalue weighted by Gasteiger charge is 2.38. The minimum Gasteiger partial charge on any atom is -0.381 e. The fraction of sp³-hybridized carbons (Fsp3) is 1.00. The summed E-state index contributed by atoms with van der Waals surface area (Å²) in [5.41, 5.74) is 0.133. The molecule has 3 fully saturated rings. The van der Waals surface area contributed by atoms with Crippen LogP contribution >= 0.6 is 11.8 Å². The summed E-state index contributed by atoms with van der Waals surface area (Å²) in [7, 11) is 0. The standard InChI is InChI=1S/C15H27NO2S/c1-2-10-19-14(3-1)12-16-13-4-7-18-15(11-13)5-8-17-9-6-15/h13-14,16H,1-12H2. The van der Waals surface area contributed by atoms with Crippen LogP contribution in [0.1, 0.15) is 44.9 Å². The predicted octanol–water partition coefficient (Wildman–Crippen LogP) is 2.59. The molecular formula is C15H27NO2S. The van der Waals surface area contributed by atoms with Crippen LogP contribution in [-0.2, 0) is 9.47 Å². The Morgan fingerprint density at radius 1 is 1.11 bits per heavy atom. The highest BCUT2D eigenvalue weighted by atomic mass is 32.2. The van der Waals surface area contributed by atoms with E-state index >= 15 is 0 Å². The summed E-state index contributed by atoms with van der Waals surface area (Å²) >= 11 is 2.17. The molecule has 1 N–H and O–H groups in total. The van der Waals surface area contributed by atoms with Gasteiger partial charge in [-0.05, 0) is 44.3 Å². The molecule has 3 rings (SSSR count). The van der Waals surface area contributed by atoms with Gasteiger partial charge in [0.15, 0.2) is 0 Å². The predicted molar refractivity (Wildman–Crippen MR) is 79.9 cm³/mol. The molecule has 3 heterocycles. The molecule has 1 spiro atoms. The Morgan fingerprint density at radius 2 is 2.00 bits per heavy atom. The van der Waals surface area contributed by atoms with E-state index < -0.39 is 0 Å². The smallest absolute Gasteiger partial charge is 0.0741 e. The summed E-state index contributed by atoms with van der Waals surface area (Å²) in [6.07, 6.45) is 8.79. The van der Waals surface area contributed by atoms with Gasteiger partial charge >= 0.3 is 0 Å². The molecule has 19 heavy (non-hydrogen) atoms. The van der Waals surface area contributed by atoms with Gasteiger partial charge in [-0.15, -0.1) is 0 Å². The quantitative estimate of drug-likeness (QED) is 0.863. The first-order valence-electron chi connectivity index (χ1n) is 7.93. The number of thioether (sulfide) groups is 1. The lowest BCUT2D eigenvalue weighted by atomic mass is 9.84. The van der Waals surface area contributed by atoms with Crippen LogP contribution in [0.25, 0.3) is 0 Å². The lowest BCUT2D eigenvalue weighted by molar-refractivity contribution is -0.140. The van der Waals surface area contributed by atoms with E-state index in [4.69, 9.17) is 9.47 Å². The molecule has 0 aromatic rings. The Morgan fingerprint density at radius 3 is 2.79 bits per heavy atom. The van der Waals surface area contributed by atoms with Crippen LogP contribution in [0.4, 0.5) is 0 Å². The molecule has 3 aliphatic rings. The van der Waals surface area contributed by atoms with Gasteiger partial charge in [-0.3, -0.25) is 0 Å². The van der Waals surface area contributed by atoms with Crippen molar-refractivity contribution in [2.24, 2.45) is 0 Å². The number of nitrogens with one attached hydrogen (secondary N) is 1. The third-order valence-corrected chi connectivity index (χ3v) is 6.20. The van der Waals surface area contributed by atoms with Gasteiger partial charge in [0, 0.05) is 37.7 Å². The first-order valence-corrected chi connectivity index (χ1v) is 8.98. The Bertz CT molecular complexity index is 270. The highest BCUT2D eigenvalue weighted by molar-refractivity contribution is 7.99. The fourth-order valence-electron chi connectivity index (χ4n) is 3.56. The number of hydrogen-bond donors (Lipinski definition) is 1. The number of hydrogen-bond acceptors (Lipinski definition) is 4. The summed E-state index contributed by atoms with van der Waals surface area (Å²) < 4.78 is 11.6. The molecule has 0 saturated carbocycles. The van der Waals surface area contributed by atoms with E-state index in [0.717, 1.165) is 37.9 Å². The van der Waals surface area contributed by atoms with Crippen LogP contribution < -0.4 is 5.32 Å². The second-order valence-electron chi connectivity index (χ2n) is 6.23. The van der Waals surface area contributed by atoms with E-state index in [1.807, 2.05) is 0 Å². The minimum atomic E-state index is 0.133. The summed E-state index contributed by atoms with van der Waals surface area (Å²) in [4.78, 5) is 0. The maximum absolute atomic E-state index is 6.10. The van der Waals surface area contributed by atoms with Gasteiger partial charge in [-0.1, -0.05) is 6.42 Å². The molecule has 0 aromatic heterocycles.